The minimum atomic E-state index is -0.586. The molecule has 0 saturated carbocycles. The van der Waals surface area contributed by atoms with Gasteiger partial charge in [0, 0.05) is 38.3 Å². The highest BCUT2D eigenvalue weighted by atomic mass is 16.5. The molecule has 1 saturated heterocycles. The van der Waals surface area contributed by atoms with Crippen LogP contribution in [0.2, 0.25) is 0 Å². The zero-order chi connectivity index (χ0) is 27.1. The van der Waals surface area contributed by atoms with Gasteiger partial charge in [-0.05, 0) is 60.5 Å². The molecule has 0 radical (unpaired) electrons. The van der Waals surface area contributed by atoms with E-state index < -0.39 is 12.0 Å². The molecule has 3 aliphatic heterocycles. The van der Waals surface area contributed by atoms with Gasteiger partial charge in [-0.15, -0.1) is 0 Å². The standard InChI is InChI=1S/C31H34N4O4/c1-33-14-16-34(17-15-33)25-11-7-6-10-24(25)32-30(36)28-21-8-4-5-9-22(21)31(37)35-13-12-20-18-26(38-2)27(39-3)19-23(20)29(28)35/h4-11,18-19,28-29H,12-17H2,1-3H3,(H,32,36)/t28-,29+/m0/s1. The van der Waals surface area contributed by atoms with E-state index in [1.807, 2.05) is 59.5 Å². The molecule has 39 heavy (non-hydrogen) atoms. The number of nitrogens with one attached hydrogen (secondary N) is 1. The average molecular weight is 527 g/mol. The van der Waals surface area contributed by atoms with E-state index in [0.29, 0.717) is 30.0 Å². The summed E-state index contributed by atoms with van der Waals surface area (Å²) in [4.78, 5) is 34.5. The highest BCUT2D eigenvalue weighted by molar-refractivity contribution is 6.05. The number of amides is 2. The average Bonchev–Trinajstić information content (AvgIpc) is 2.97. The summed E-state index contributed by atoms with van der Waals surface area (Å²) in [5.74, 6) is 0.474. The molecule has 0 bridgehead atoms. The van der Waals surface area contributed by atoms with E-state index in [9.17, 15) is 9.59 Å². The maximum Gasteiger partial charge on any atom is 0.254 e. The number of fused-ring (bicyclic) bond motifs is 4. The third-order valence-corrected chi connectivity index (χ3v) is 8.31. The number of carbonyl (C=O) groups excluding carboxylic acids is 2. The summed E-state index contributed by atoms with van der Waals surface area (Å²) >= 11 is 0. The Morgan fingerprint density at radius 2 is 1.56 bits per heavy atom. The summed E-state index contributed by atoms with van der Waals surface area (Å²) in [6.45, 7) is 4.27. The van der Waals surface area contributed by atoms with E-state index in [4.69, 9.17) is 9.47 Å². The van der Waals surface area contributed by atoms with E-state index in [-0.39, 0.29) is 11.8 Å². The molecule has 202 valence electrons. The quantitative estimate of drug-likeness (QED) is 0.543. The number of para-hydroxylation sites is 2. The zero-order valence-electron chi connectivity index (χ0n) is 22.6. The van der Waals surface area contributed by atoms with Crippen molar-refractivity contribution in [2.45, 2.75) is 18.4 Å². The highest BCUT2D eigenvalue weighted by Crippen LogP contribution is 2.48. The SMILES string of the molecule is COc1cc2c(cc1OC)[C@@H]1[C@@H](C(=O)Nc3ccccc3N3CCN(C)CC3)c3ccccc3C(=O)N1CC2. The van der Waals surface area contributed by atoms with Crippen LogP contribution in [0, 0.1) is 0 Å². The maximum absolute atomic E-state index is 14.3. The lowest BCUT2D eigenvalue weighted by molar-refractivity contribution is -0.119. The zero-order valence-corrected chi connectivity index (χ0v) is 22.6. The minimum Gasteiger partial charge on any atom is -0.493 e. The van der Waals surface area contributed by atoms with E-state index in [2.05, 4.69) is 28.2 Å². The normalized spacial score (nSPS) is 20.5. The summed E-state index contributed by atoms with van der Waals surface area (Å²) in [6.07, 6.45) is 0.681. The van der Waals surface area contributed by atoms with Crippen LogP contribution < -0.4 is 19.7 Å². The number of rotatable bonds is 5. The molecule has 8 heteroatoms. The minimum absolute atomic E-state index is 0.0436. The molecule has 6 rings (SSSR count). The molecule has 0 spiro atoms. The number of methoxy groups -OCH3 is 2. The van der Waals surface area contributed by atoms with E-state index in [1.165, 1.54) is 0 Å². The van der Waals surface area contributed by atoms with Crippen molar-refractivity contribution < 1.29 is 19.1 Å². The summed E-state index contributed by atoms with van der Waals surface area (Å²) in [5, 5.41) is 3.27. The Hall–Kier alpha value is -4.04. The fraction of sp³-hybridized carbons (Fsp3) is 0.355. The van der Waals surface area contributed by atoms with Crippen LogP contribution in [0.1, 0.15) is 39.0 Å². The summed E-state index contributed by atoms with van der Waals surface area (Å²) in [7, 11) is 5.35. The summed E-state index contributed by atoms with van der Waals surface area (Å²) in [6, 6.07) is 19.0. The number of hydrogen-bond acceptors (Lipinski definition) is 6. The van der Waals surface area contributed by atoms with Crippen molar-refractivity contribution in [2.75, 3.05) is 64.2 Å². The number of carbonyl (C=O) groups is 2. The smallest absolute Gasteiger partial charge is 0.254 e. The van der Waals surface area contributed by atoms with Gasteiger partial charge in [-0.1, -0.05) is 30.3 Å². The van der Waals surface area contributed by atoms with Crippen LogP contribution >= 0.6 is 0 Å². The largest absolute Gasteiger partial charge is 0.493 e. The van der Waals surface area contributed by atoms with Gasteiger partial charge in [-0.25, -0.2) is 0 Å². The van der Waals surface area contributed by atoms with Gasteiger partial charge in [0.05, 0.1) is 37.6 Å². The Kier molecular flexibility index (Phi) is 6.64. The van der Waals surface area contributed by atoms with E-state index >= 15 is 0 Å². The third kappa shape index (κ3) is 4.38. The lowest BCUT2D eigenvalue weighted by atomic mass is 9.75. The molecule has 3 aromatic carbocycles. The van der Waals surface area contributed by atoms with Crippen LogP contribution in [-0.4, -0.2) is 75.6 Å². The Bertz CT molecular complexity index is 1420. The van der Waals surface area contributed by atoms with Crippen LogP contribution in [0.15, 0.2) is 60.7 Å². The molecule has 1 fully saturated rings. The van der Waals surface area contributed by atoms with Crippen LogP contribution in [-0.2, 0) is 11.2 Å². The van der Waals surface area contributed by atoms with Gasteiger partial charge in [-0.2, -0.15) is 0 Å². The van der Waals surface area contributed by atoms with E-state index in [1.54, 1.807) is 14.2 Å². The van der Waals surface area contributed by atoms with Crippen LogP contribution in [0.5, 0.6) is 11.5 Å². The Labute approximate surface area is 229 Å². The highest BCUT2D eigenvalue weighted by Gasteiger charge is 2.46. The van der Waals surface area contributed by atoms with Gasteiger partial charge in [0.1, 0.15) is 0 Å². The number of piperazine rings is 1. The third-order valence-electron chi connectivity index (χ3n) is 8.31. The Morgan fingerprint density at radius 3 is 2.33 bits per heavy atom. The van der Waals surface area contributed by atoms with E-state index in [0.717, 1.165) is 54.2 Å². The lowest BCUT2D eigenvalue weighted by Crippen LogP contribution is -2.49. The second kappa shape index (κ2) is 10.3. The molecule has 0 aromatic heterocycles. The number of benzene rings is 3. The molecule has 0 unspecified atom stereocenters. The van der Waals surface area contributed by atoms with Gasteiger partial charge in [0.2, 0.25) is 5.91 Å². The number of ether oxygens (including phenoxy) is 2. The monoisotopic (exact) mass is 526 g/mol. The lowest BCUT2D eigenvalue weighted by Gasteiger charge is -2.45. The Balaban J connectivity index is 1.42. The van der Waals surface area contributed by atoms with Gasteiger partial charge in [0.15, 0.2) is 11.5 Å². The number of anilines is 2. The first kappa shape index (κ1) is 25.2. The van der Waals surface area contributed by atoms with Crippen LogP contribution in [0.25, 0.3) is 0 Å². The van der Waals surface area contributed by atoms with Gasteiger partial charge < -0.3 is 29.5 Å². The van der Waals surface area contributed by atoms with Crippen molar-refractivity contribution in [3.63, 3.8) is 0 Å². The predicted octanol–water partition coefficient (Wildman–Crippen LogP) is 3.93. The van der Waals surface area contributed by atoms with Gasteiger partial charge >= 0.3 is 0 Å². The van der Waals surface area contributed by atoms with Gasteiger partial charge in [-0.3, -0.25) is 9.59 Å². The van der Waals surface area contributed by atoms with Crippen molar-refractivity contribution in [1.29, 1.82) is 0 Å². The molecule has 8 nitrogen and oxygen atoms in total. The second-order valence-corrected chi connectivity index (χ2v) is 10.5. The first-order valence-corrected chi connectivity index (χ1v) is 13.5. The molecular formula is C31H34N4O4. The fourth-order valence-corrected chi connectivity index (χ4v) is 6.25. The second-order valence-electron chi connectivity index (χ2n) is 10.5. The van der Waals surface area contributed by atoms with Crippen molar-refractivity contribution in [2.24, 2.45) is 0 Å². The summed E-state index contributed by atoms with van der Waals surface area (Å²) in [5.41, 5.74) is 5.14. The molecule has 3 heterocycles. The maximum atomic E-state index is 14.3. The predicted molar refractivity (Wildman–Crippen MR) is 151 cm³/mol. The topological polar surface area (TPSA) is 74.4 Å². The first-order valence-electron chi connectivity index (χ1n) is 13.5. The van der Waals surface area contributed by atoms with Crippen LogP contribution in [0.3, 0.4) is 0 Å². The van der Waals surface area contributed by atoms with Gasteiger partial charge in [0.25, 0.3) is 5.91 Å². The Morgan fingerprint density at radius 1 is 0.872 bits per heavy atom. The molecule has 3 aromatic rings. The molecular weight excluding hydrogens is 492 g/mol. The van der Waals surface area contributed by atoms with Crippen LogP contribution in [0.4, 0.5) is 11.4 Å². The number of nitrogens with zero attached hydrogens (tertiary/aromatic N) is 3. The van der Waals surface area contributed by atoms with Crippen molar-refractivity contribution in [3.05, 3.63) is 82.9 Å². The van der Waals surface area contributed by atoms with Crippen molar-refractivity contribution in [3.8, 4) is 11.5 Å². The van der Waals surface area contributed by atoms with Crippen molar-refractivity contribution >= 4 is 23.2 Å². The molecule has 3 aliphatic rings. The molecule has 1 N–H and O–H groups in total. The summed E-state index contributed by atoms with van der Waals surface area (Å²) < 4.78 is 11.2. The number of likely N-dealkylation sites (N-methyl/N-ethyl adjacent to an activating group) is 1. The molecule has 2 amide bonds. The molecule has 0 aliphatic carbocycles. The molecule has 2 atom stereocenters. The number of hydrogen-bond donors (Lipinski definition) is 1. The fourth-order valence-electron chi connectivity index (χ4n) is 6.25. The first-order chi connectivity index (χ1) is 19.0. The van der Waals surface area contributed by atoms with Crippen molar-refractivity contribution in [1.82, 2.24) is 9.80 Å².